The normalized spacial score (nSPS) is 11.2. The van der Waals surface area contributed by atoms with Gasteiger partial charge in [-0.25, -0.2) is 4.98 Å². The van der Waals surface area contributed by atoms with E-state index < -0.39 is 0 Å². The number of methoxy groups -OCH3 is 1. The van der Waals surface area contributed by atoms with Gasteiger partial charge in [0.05, 0.1) is 18.8 Å². The maximum Gasteiger partial charge on any atom is 0.240 e. The van der Waals surface area contributed by atoms with Crippen LogP contribution in [0.4, 0.5) is 5.13 Å². The number of anilines is 1. The third-order valence-corrected chi connectivity index (χ3v) is 3.55. The first kappa shape index (κ1) is 14.9. The third kappa shape index (κ3) is 4.26. The number of thiazole rings is 1. The van der Waals surface area contributed by atoms with Gasteiger partial charge in [0.15, 0.2) is 11.0 Å². The van der Waals surface area contributed by atoms with Crippen LogP contribution in [0, 0.1) is 0 Å². The molecule has 2 heterocycles. The Morgan fingerprint density at radius 2 is 2.25 bits per heavy atom. The summed E-state index contributed by atoms with van der Waals surface area (Å²) >= 11 is 1.60. The van der Waals surface area contributed by atoms with Crippen molar-refractivity contribution in [1.82, 2.24) is 20.0 Å². The van der Waals surface area contributed by atoms with E-state index in [1.165, 1.54) is 0 Å². The van der Waals surface area contributed by atoms with Crippen LogP contribution in [0.3, 0.4) is 0 Å². The molecule has 7 nitrogen and oxygen atoms in total. The van der Waals surface area contributed by atoms with E-state index in [4.69, 9.17) is 9.26 Å². The van der Waals surface area contributed by atoms with Gasteiger partial charge in [-0.15, -0.1) is 11.3 Å². The van der Waals surface area contributed by atoms with Gasteiger partial charge in [-0.05, 0) is 7.05 Å². The van der Waals surface area contributed by atoms with Crippen molar-refractivity contribution in [2.75, 3.05) is 33.1 Å². The molecule has 0 aromatic carbocycles. The summed E-state index contributed by atoms with van der Waals surface area (Å²) < 4.78 is 10.2. The van der Waals surface area contributed by atoms with Crippen molar-refractivity contribution >= 4 is 16.5 Å². The van der Waals surface area contributed by atoms with Crippen molar-refractivity contribution in [3.05, 3.63) is 22.8 Å². The predicted molar refractivity (Wildman–Crippen MR) is 76.7 cm³/mol. The van der Waals surface area contributed by atoms with Crippen LogP contribution in [-0.2, 0) is 24.2 Å². The number of nitrogens with zero attached hydrogens (tertiary/aromatic N) is 4. The lowest BCUT2D eigenvalue weighted by molar-refractivity contribution is 0.199. The van der Waals surface area contributed by atoms with E-state index in [1.807, 2.05) is 19.5 Å². The SMILES string of the molecule is CNc1nc(CN(C)Cc2nc(CCOC)no2)cs1. The molecule has 8 heteroatoms. The van der Waals surface area contributed by atoms with Crippen molar-refractivity contribution in [1.29, 1.82) is 0 Å². The van der Waals surface area contributed by atoms with E-state index >= 15 is 0 Å². The van der Waals surface area contributed by atoms with Gasteiger partial charge in [0.2, 0.25) is 5.89 Å². The number of hydrogen-bond donors (Lipinski definition) is 1. The summed E-state index contributed by atoms with van der Waals surface area (Å²) in [5.74, 6) is 1.30. The van der Waals surface area contributed by atoms with Gasteiger partial charge in [-0.3, -0.25) is 4.90 Å². The molecule has 2 aromatic heterocycles. The molecule has 0 bridgehead atoms. The van der Waals surface area contributed by atoms with Crippen molar-refractivity contribution in [3.63, 3.8) is 0 Å². The van der Waals surface area contributed by atoms with Gasteiger partial charge in [0, 0.05) is 32.5 Å². The zero-order valence-corrected chi connectivity index (χ0v) is 12.7. The first-order valence-electron chi connectivity index (χ1n) is 6.32. The highest BCUT2D eigenvalue weighted by atomic mass is 32.1. The van der Waals surface area contributed by atoms with E-state index in [0.717, 1.165) is 17.4 Å². The van der Waals surface area contributed by atoms with Gasteiger partial charge in [-0.1, -0.05) is 5.16 Å². The fraction of sp³-hybridized carbons (Fsp3) is 0.583. The van der Waals surface area contributed by atoms with Gasteiger partial charge >= 0.3 is 0 Å². The first-order chi connectivity index (χ1) is 9.71. The van der Waals surface area contributed by atoms with Crippen molar-refractivity contribution < 1.29 is 9.26 Å². The molecule has 0 amide bonds. The second kappa shape index (κ2) is 7.32. The number of nitrogens with one attached hydrogen (secondary N) is 1. The Morgan fingerprint density at radius 1 is 1.40 bits per heavy atom. The van der Waals surface area contributed by atoms with E-state index in [2.05, 4.69) is 25.3 Å². The molecular weight excluding hydrogens is 278 g/mol. The van der Waals surface area contributed by atoms with Crippen LogP contribution in [0.25, 0.3) is 0 Å². The Morgan fingerprint density at radius 3 is 2.95 bits per heavy atom. The summed E-state index contributed by atoms with van der Waals surface area (Å²) in [7, 11) is 5.52. The van der Waals surface area contributed by atoms with E-state index in [0.29, 0.717) is 31.3 Å². The average Bonchev–Trinajstić information content (AvgIpc) is 3.05. The fourth-order valence-corrected chi connectivity index (χ4v) is 2.37. The Labute approximate surface area is 122 Å². The smallest absolute Gasteiger partial charge is 0.240 e. The zero-order valence-electron chi connectivity index (χ0n) is 11.9. The molecule has 0 saturated carbocycles. The van der Waals surface area contributed by atoms with Gasteiger partial charge < -0.3 is 14.6 Å². The van der Waals surface area contributed by atoms with E-state index in [1.54, 1.807) is 18.4 Å². The molecule has 0 aliphatic rings. The third-order valence-electron chi connectivity index (χ3n) is 2.64. The molecule has 0 aliphatic heterocycles. The van der Waals surface area contributed by atoms with Crippen molar-refractivity contribution in [2.24, 2.45) is 0 Å². The molecule has 110 valence electrons. The summed E-state index contributed by atoms with van der Waals surface area (Å²) in [6.45, 7) is 1.95. The highest BCUT2D eigenvalue weighted by Gasteiger charge is 2.10. The van der Waals surface area contributed by atoms with Crippen LogP contribution < -0.4 is 5.32 Å². The summed E-state index contributed by atoms with van der Waals surface area (Å²) in [6, 6.07) is 0. The van der Waals surface area contributed by atoms with Crippen LogP contribution >= 0.6 is 11.3 Å². The van der Waals surface area contributed by atoms with Crippen molar-refractivity contribution in [2.45, 2.75) is 19.5 Å². The minimum Gasteiger partial charge on any atom is -0.384 e. The minimum atomic E-state index is 0.598. The summed E-state index contributed by atoms with van der Waals surface area (Å²) in [5, 5.41) is 9.91. The zero-order chi connectivity index (χ0) is 14.4. The first-order valence-corrected chi connectivity index (χ1v) is 7.20. The Hall–Kier alpha value is -1.51. The molecule has 0 aliphatic carbocycles. The Bertz CT molecular complexity index is 527. The van der Waals surface area contributed by atoms with Gasteiger partial charge in [0.25, 0.3) is 0 Å². The molecule has 0 radical (unpaired) electrons. The fourth-order valence-electron chi connectivity index (χ4n) is 1.71. The largest absolute Gasteiger partial charge is 0.384 e. The molecule has 0 unspecified atom stereocenters. The highest BCUT2D eigenvalue weighted by molar-refractivity contribution is 7.13. The van der Waals surface area contributed by atoms with Crippen LogP contribution in [0.5, 0.6) is 0 Å². The van der Waals surface area contributed by atoms with Crippen LogP contribution in [0.1, 0.15) is 17.4 Å². The highest BCUT2D eigenvalue weighted by Crippen LogP contribution is 2.16. The molecule has 0 spiro atoms. The Kier molecular flexibility index (Phi) is 5.45. The number of aromatic nitrogens is 3. The minimum absolute atomic E-state index is 0.598. The standard InChI is InChI=1S/C12H19N5O2S/c1-13-12-14-9(8-20-12)6-17(2)7-11-15-10(16-19-11)4-5-18-3/h8H,4-7H2,1-3H3,(H,13,14). The van der Waals surface area contributed by atoms with Gasteiger partial charge in [0.1, 0.15) is 0 Å². The molecule has 20 heavy (non-hydrogen) atoms. The summed E-state index contributed by atoms with van der Waals surface area (Å²) in [4.78, 5) is 10.8. The summed E-state index contributed by atoms with van der Waals surface area (Å²) in [5.41, 5.74) is 1.03. The van der Waals surface area contributed by atoms with E-state index in [9.17, 15) is 0 Å². The van der Waals surface area contributed by atoms with Gasteiger partial charge in [-0.2, -0.15) is 4.98 Å². The topological polar surface area (TPSA) is 76.3 Å². The molecule has 0 atom stereocenters. The predicted octanol–water partition coefficient (Wildman–Crippen LogP) is 1.39. The van der Waals surface area contributed by atoms with Crippen LogP contribution in [-0.4, -0.2) is 47.8 Å². The molecule has 0 fully saturated rings. The molecular formula is C12H19N5O2S. The quantitative estimate of drug-likeness (QED) is 0.789. The number of ether oxygens (including phenoxy) is 1. The van der Waals surface area contributed by atoms with Crippen LogP contribution in [0.2, 0.25) is 0 Å². The molecule has 0 saturated heterocycles. The maximum absolute atomic E-state index is 5.21. The van der Waals surface area contributed by atoms with Crippen molar-refractivity contribution in [3.8, 4) is 0 Å². The maximum atomic E-state index is 5.21. The molecule has 1 N–H and O–H groups in total. The lowest BCUT2D eigenvalue weighted by Gasteiger charge is -2.11. The molecule has 2 rings (SSSR count). The average molecular weight is 297 g/mol. The second-order valence-corrected chi connectivity index (χ2v) is 5.27. The molecule has 2 aromatic rings. The lowest BCUT2D eigenvalue weighted by atomic mass is 10.4. The van der Waals surface area contributed by atoms with E-state index in [-0.39, 0.29) is 0 Å². The monoisotopic (exact) mass is 297 g/mol. The number of rotatable bonds is 8. The second-order valence-electron chi connectivity index (χ2n) is 4.41. The Balaban J connectivity index is 1.84. The van der Waals surface area contributed by atoms with Crippen LogP contribution in [0.15, 0.2) is 9.90 Å². The summed E-state index contributed by atoms with van der Waals surface area (Å²) in [6.07, 6.45) is 0.668. The lowest BCUT2D eigenvalue weighted by Crippen LogP contribution is -2.17. The number of hydrogen-bond acceptors (Lipinski definition) is 8.